The highest BCUT2D eigenvalue weighted by atomic mass is 16.4. The summed E-state index contributed by atoms with van der Waals surface area (Å²) in [6.45, 7) is 9.24. The number of furan rings is 1. The number of fused-ring (bicyclic) bond motifs is 2. The first-order chi connectivity index (χ1) is 13.6. The summed E-state index contributed by atoms with van der Waals surface area (Å²) in [5.74, 6) is -1.11. The van der Waals surface area contributed by atoms with Crippen molar-refractivity contribution in [1.29, 1.82) is 0 Å². The van der Waals surface area contributed by atoms with E-state index < -0.39 is 23.5 Å². The molecule has 7 nitrogen and oxygen atoms in total. The van der Waals surface area contributed by atoms with Crippen LogP contribution in [0.15, 0.2) is 19.7 Å². The molecule has 0 radical (unpaired) electrons. The Labute approximate surface area is 167 Å². The predicted molar refractivity (Wildman–Crippen MR) is 107 cm³/mol. The smallest absolute Gasteiger partial charge is 0.340 e. The van der Waals surface area contributed by atoms with E-state index in [-0.39, 0.29) is 18.4 Å². The maximum atomic E-state index is 12.6. The van der Waals surface area contributed by atoms with E-state index in [2.05, 4.69) is 5.32 Å². The van der Waals surface area contributed by atoms with E-state index in [9.17, 15) is 19.5 Å². The third kappa shape index (κ3) is 3.64. The summed E-state index contributed by atoms with van der Waals surface area (Å²) in [5, 5.41) is 15.3. The number of carboxylic acids is 1. The van der Waals surface area contributed by atoms with Gasteiger partial charge in [0, 0.05) is 16.3 Å². The number of aryl methyl sites for hydroxylation is 4. The molecule has 1 N–H and O–H groups in total. The van der Waals surface area contributed by atoms with Crippen molar-refractivity contribution in [3.8, 4) is 0 Å². The van der Waals surface area contributed by atoms with Gasteiger partial charge < -0.3 is 24.1 Å². The van der Waals surface area contributed by atoms with Gasteiger partial charge >= 0.3 is 5.63 Å². The van der Waals surface area contributed by atoms with E-state index >= 15 is 0 Å². The Bertz CT molecular complexity index is 1180. The van der Waals surface area contributed by atoms with E-state index in [1.165, 1.54) is 0 Å². The fourth-order valence-electron chi connectivity index (χ4n) is 3.64. The van der Waals surface area contributed by atoms with Gasteiger partial charge in [0.15, 0.2) is 0 Å². The molecule has 0 spiro atoms. The lowest BCUT2D eigenvalue weighted by atomic mass is 9.98. The normalized spacial score (nSPS) is 12.4. The number of rotatable bonds is 6. The summed E-state index contributed by atoms with van der Waals surface area (Å²) in [5.41, 5.74) is 3.06. The maximum Gasteiger partial charge on any atom is 0.340 e. The lowest BCUT2D eigenvalue weighted by Crippen LogP contribution is -2.48. The van der Waals surface area contributed by atoms with Crippen LogP contribution in [0.2, 0.25) is 0 Å². The van der Waals surface area contributed by atoms with Gasteiger partial charge in [0.05, 0.1) is 24.0 Å². The Hall–Kier alpha value is -3.09. The Morgan fingerprint density at radius 2 is 1.66 bits per heavy atom. The molecule has 0 aliphatic rings. The molecule has 1 amide bonds. The standard InChI is InChI=1S/C22H25NO6/c1-6-7-17(21(25)26)23-18(24)9-16-11(3)15-8-14-10(2)13(5)28-19(14)12(4)20(15)29-22(16)27/h8,17H,6-7,9H2,1-5H3,(H,23,24)(H,25,26)/p-1/t17-/m0/s1. The van der Waals surface area contributed by atoms with Gasteiger partial charge in [0.1, 0.15) is 16.9 Å². The highest BCUT2D eigenvalue weighted by Crippen LogP contribution is 2.34. The third-order valence-corrected chi connectivity index (χ3v) is 5.48. The topological polar surface area (TPSA) is 113 Å². The van der Waals surface area contributed by atoms with Crippen LogP contribution >= 0.6 is 0 Å². The molecule has 0 unspecified atom stereocenters. The van der Waals surface area contributed by atoms with Crippen LogP contribution in [0, 0.1) is 27.7 Å². The van der Waals surface area contributed by atoms with Gasteiger partial charge in [0.25, 0.3) is 0 Å². The van der Waals surface area contributed by atoms with Gasteiger partial charge in [-0.05, 0) is 51.3 Å². The van der Waals surface area contributed by atoms with Gasteiger partial charge in [-0.2, -0.15) is 0 Å². The van der Waals surface area contributed by atoms with Gasteiger partial charge in [-0.25, -0.2) is 4.79 Å². The first-order valence-electron chi connectivity index (χ1n) is 9.61. The SMILES string of the molecule is CCC[C@H](NC(=O)Cc1c(C)c2cc3c(C)c(C)oc3c(C)c2oc1=O)C(=O)[O-]. The fourth-order valence-corrected chi connectivity index (χ4v) is 3.64. The van der Waals surface area contributed by atoms with Crippen molar-refractivity contribution in [3.05, 3.63) is 44.5 Å². The number of aliphatic carboxylic acids is 1. The van der Waals surface area contributed by atoms with Crippen LogP contribution in [0.25, 0.3) is 21.9 Å². The summed E-state index contributed by atoms with van der Waals surface area (Å²) < 4.78 is 11.4. The molecule has 3 aromatic rings. The second-order valence-corrected chi connectivity index (χ2v) is 7.44. The molecule has 1 atom stereocenters. The number of hydrogen-bond donors (Lipinski definition) is 1. The molecule has 7 heteroatoms. The van der Waals surface area contributed by atoms with Crippen molar-refractivity contribution in [2.45, 2.75) is 59.9 Å². The van der Waals surface area contributed by atoms with Crippen LogP contribution in [0.5, 0.6) is 0 Å². The predicted octanol–water partition coefficient (Wildman–Crippen LogP) is 2.35. The largest absolute Gasteiger partial charge is 0.548 e. The quantitative estimate of drug-likeness (QED) is 0.638. The number of benzene rings is 1. The van der Waals surface area contributed by atoms with Crippen molar-refractivity contribution in [2.24, 2.45) is 0 Å². The molecule has 0 saturated carbocycles. The number of nitrogens with one attached hydrogen (secondary N) is 1. The highest BCUT2D eigenvalue weighted by molar-refractivity contribution is 6.00. The molecule has 0 saturated heterocycles. The average molecular weight is 398 g/mol. The molecule has 0 bridgehead atoms. The summed E-state index contributed by atoms with van der Waals surface area (Å²) in [7, 11) is 0. The third-order valence-electron chi connectivity index (χ3n) is 5.48. The lowest BCUT2D eigenvalue weighted by Gasteiger charge is -2.19. The van der Waals surface area contributed by atoms with Crippen LogP contribution in [-0.2, 0) is 16.0 Å². The number of carboxylic acid groups (broad SMARTS) is 1. The van der Waals surface area contributed by atoms with Crippen molar-refractivity contribution >= 4 is 33.8 Å². The molecule has 0 aliphatic carbocycles. The van der Waals surface area contributed by atoms with E-state index in [1.807, 2.05) is 33.8 Å². The zero-order valence-corrected chi connectivity index (χ0v) is 17.2. The summed E-state index contributed by atoms with van der Waals surface area (Å²) >= 11 is 0. The fraction of sp³-hybridized carbons (Fsp3) is 0.409. The van der Waals surface area contributed by atoms with Crippen LogP contribution in [0.3, 0.4) is 0 Å². The Kier molecular flexibility index (Phi) is 5.50. The van der Waals surface area contributed by atoms with Crippen LogP contribution < -0.4 is 16.0 Å². The minimum absolute atomic E-state index is 0.209. The van der Waals surface area contributed by atoms with E-state index in [0.717, 1.165) is 27.7 Å². The monoisotopic (exact) mass is 398 g/mol. The Morgan fingerprint density at radius 1 is 1.03 bits per heavy atom. The van der Waals surface area contributed by atoms with E-state index in [0.29, 0.717) is 23.2 Å². The molecule has 0 fully saturated rings. The average Bonchev–Trinajstić information content (AvgIpc) is 2.94. The summed E-state index contributed by atoms with van der Waals surface area (Å²) in [6, 6.07) is 0.822. The number of carbonyl (C=O) groups excluding carboxylic acids is 2. The molecular weight excluding hydrogens is 374 g/mol. The highest BCUT2D eigenvalue weighted by Gasteiger charge is 2.21. The van der Waals surface area contributed by atoms with Crippen molar-refractivity contribution in [2.75, 3.05) is 0 Å². The molecule has 2 aromatic heterocycles. The number of carbonyl (C=O) groups is 2. The Morgan fingerprint density at radius 3 is 2.28 bits per heavy atom. The Balaban J connectivity index is 2.06. The van der Waals surface area contributed by atoms with Gasteiger partial charge in [-0.15, -0.1) is 0 Å². The molecule has 154 valence electrons. The van der Waals surface area contributed by atoms with Gasteiger partial charge in [-0.3, -0.25) is 4.79 Å². The van der Waals surface area contributed by atoms with E-state index in [4.69, 9.17) is 8.83 Å². The van der Waals surface area contributed by atoms with Gasteiger partial charge in [0.2, 0.25) is 5.91 Å². The number of hydrogen-bond acceptors (Lipinski definition) is 6. The zero-order chi connectivity index (χ0) is 21.5. The second kappa shape index (κ2) is 7.73. The van der Waals surface area contributed by atoms with Crippen LogP contribution in [0.1, 0.15) is 47.8 Å². The van der Waals surface area contributed by atoms with E-state index in [1.54, 1.807) is 6.92 Å². The van der Waals surface area contributed by atoms with Crippen molar-refractivity contribution in [1.82, 2.24) is 5.32 Å². The summed E-state index contributed by atoms with van der Waals surface area (Å²) in [6.07, 6.45) is 0.572. The summed E-state index contributed by atoms with van der Waals surface area (Å²) in [4.78, 5) is 36.1. The van der Waals surface area contributed by atoms with Crippen LogP contribution in [0.4, 0.5) is 0 Å². The number of amides is 1. The molecule has 1 aromatic carbocycles. The second-order valence-electron chi connectivity index (χ2n) is 7.44. The minimum atomic E-state index is -1.34. The molecular formula is C22H24NO6-. The molecule has 2 heterocycles. The molecule has 3 rings (SSSR count). The first kappa shape index (κ1) is 20.6. The first-order valence-corrected chi connectivity index (χ1v) is 9.61. The molecule has 0 aliphatic heterocycles. The zero-order valence-electron chi connectivity index (χ0n) is 17.2. The lowest BCUT2D eigenvalue weighted by molar-refractivity contribution is -0.308. The van der Waals surface area contributed by atoms with Crippen LogP contribution in [-0.4, -0.2) is 17.9 Å². The van der Waals surface area contributed by atoms with Gasteiger partial charge in [-0.1, -0.05) is 13.3 Å². The van der Waals surface area contributed by atoms with Crippen molar-refractivity contribution in [3.63, 3.8) is 0 Å². The maximum absolute atomic E-state index is 12.6. The molecule has 29 heavy (non-hydrogen) atoms. The minimum Gasteiger partial charge on any atom is -0.548 e. The van der Waals surface area contributed by atoms with Crippen molar-refractivity contribution < 1.29 is 23.5 Å².